The van der Waals surface area contributed by atoms with Gasteiger partial charge in [0, 0.05) is 6.54 Å². The summed E-state index contributed by atoms with van der Waals surface area (Å²) in [5.41, 5.74) is 2.50. The van der Waals surface area contributed by atoms with Gasteiger partial charge < -0.3 is 15.1 Å². The van der Waals surface area contributed by atoms with E-state index in [0.717, 1.165) is 12.4 Å². The molecule has 6 heteroatoms. The Kier molecular flexibility index (Phi) is 3.21. The van der Waals surface area contributed by atoms with Gasteiger partial charge in [-0.05, 0) is 13.8 Å². The van der Waals surface area contributed by atoms with Gasteiger partial charge in [0.15, 0.2) is 5.82 Å². The number of nitrogen functional groups attached to an aromatic ring is 1. The Morgan fingerprint density at radius 1 is 1.50 bits per heavy atom. The number of anilines is 2. The Morgan fingerprint density at radius 3 is 3.06 bits per heavy atom. The maximum Gasteiger partial charge on any atom is 0.160 e. The molecule has 2 unspecified atom stereocenters. The number of nitrogens with one attached hydrogen (secondary N) is 1. The lowest BCUT2D eigenvalue weighted by Crippen LogP contribution is -2.47. The van der Waals surface area contributed by atoms with Crippen molar-refractivity contribution in [2.24, 2.45) is 5.84 Å². The van der Waals surface area contributed by atoms with Crippen molar-refractivity contribution in [3.05, 3.63) is 12.4 Å². The second kappa shape index (κ2) is 4.63. The summed E-state index contributed by atoms with van der Waals surface area (Å²) in [6.07, 6.45) is 3.56. The Morgan fingerprint density at radius 2 is 2.31 bits per heavy atom. The molecule has 88 valence electrons. The van der Waals surface area contributed by atoms with E-state index in [1.165, 1.54) is 0 Å². The highest BCUT2D eigenvalue weighted by atomic mass is 16.5. The summed E-state index contributed by atoms with van der Waals surface area (Å²) in [7, 11) is 0. The van der Waals surface area contributed by atoms with Crippen molar-refractivity contribution in [1.82, 2.24) is 9.97 Å². The first-order chi connectivity index (χ1) is 7.70. The zero-order valence-corrected chi connectivity index (χ0v) is 9.55. The van der Waals surface area contributed by atoms with Crippen LogP contribution in [0.15, 0.2) is 12.4 Å². The molecule has 1 aliphatic rings. The molecule has 0 spiro atoms. The minimum atomic E-state index is 0.215. The van der Waals surface area contributed by atoms with Crippen molar-refractivity contribution >= 4 is 11.6 Å². The van der Waals surface area contributed by atoms with Crippen molar-refractivity contribution in [1.29, 1.82) is 0 Å². The predicted octanol–water partition coefficient (Wildman–Crippen LogP) is 0.376. The lowest BCUT2D eigenvalue weighted by atomic mass is 10.2. The largest absolute Gasteiger partial charge is 0.375 e. The standard InChI is InChI=1S/C10H17N5O/c1-7-6-16-8(2)5-15(7)10-4-12-3-9(13-10)14-11/h3-4,7-8H,5-6,11H2,1-2H3,(H,13,14). The first kappa shape index (κ1) is 11.1. The molecule has 1 fully saturated rings. The number of hydrogen-bond acceptors (Lipinski definition) is 6. The minimum absolute atomic E-state index is 0.215. The van der Waals surface area contributed by atoms with Gasteiger partial charge in [0.25, 0.3) is 0 Å². The molecule has 0 saturated carbocycles. The van der Waals surface area contributed by atoms with Crippen LogP contribution >= 0.6 is 0 Å². The third kappa shape index (κ3) is 2.23. The molecule has 1 aliphatic heterocycles. The van der Waals surface area contributed by atoms with Gasteiger partial charge >= 0.3 is 0 Å². The third-order valence-electron chi connectivity index (χ3n) is 2.67. The smallest absolute Gasteiger partial charge is 0.160 e. The third-order valence-corrected chi connectivity index (χ3v) is 2.67. The summed E-state index contributed by atoms with van der Waals surface area (Å²) in [6, 6.07) is 0.304. The summed E-state index contributed by atoms with van der Waals surface area (Å²) >= 11 is 0. The van der Waals surface area contributed by atoms with E-state index in [1.807, 2.05) is 0 Å². The van der Waals surface area contributed by atoms with Crippen LogP contribution in [-0.2, 0) is 4.74 Å². The number of nitrogens with zero attached hydrogens (tertiary/aromatic N) is 3. The molecule has 0 amide bonds. The average molecular weight is 223 g/mol. The molecule has 0 bridgehead atoms. The first-order valence-electron chi connectivity index (χ1n) is 5.37. The summed E-state index contributed by atoms with van der Waals surface area (Å²) in [4.78, 5) is 10.7. The van der Waals surface area contributed by atoms with Crippen molar-refractivity contribution < 1.29 is 4.74 Å². The Balaban J connectivity index is 2.20. The van der Waals surface area contributed by atoms with Crippen molar-refractivity contribution in [3.63, 3.8) is 0 Å². The van der Waals surface area contributed by atoms with Crippen LogP contribution in [0.4, 0.5) is 11.6 Å². The molecular weight excluding hydrogens is 206 g/mol. The van der Waals surface area contributed by atoms with Crippen LogP contribution in [-0.4, -0.2) is 35.3 Å². The van der Waals surface area contributed by atoms with Gasteiger partial charge in [-0.2, -0.15) is 0 Å². The summed E-state index contributed by atoms with van der Waals surface area (Å²) in [6.45, 7) is 5.69. The fraction of sp³-hybridized carbons (Fsp3) is 0.600. The highest BCUT2D eigenvalue weighted by molar-refractivity contribution is 5.44. The van der Waals surface area contributed by atoms with Gasteiger partial charge in [0.05, 0.1) is 31.1 Å². The van der Waals surface area contributed by atoms with E-state index in [2.05, 4.69) is 34.1 Å². The fourth-order valence-electron chi connectivity index (χ4n) is 1.79. The van der Waals surface area contributed by atoms with Crippen molar-refractivity contribution in [3.8, 4) is 0 Å². The first-order valence-corrected chi connectivity index (χ1v) is 5.37. The Bertz CT molecular complexity index is 359. The number of ether oxygens (including phenoxy) is 1. The monoisotopic (exact) mass is 223 g/mol. The molecule has 6 nitrogen and oxygen atoms in total. The van der Waals surface area contributed by atoms with E-state index in [1.54, 1.807) is 12.4 Å². The summed E-state index contributed by atoms with van der Waals surface area (Å²) < 4.78 is 5.57. The van der Waals surface area contributed by atoms with Crippen LogP contribution in [0, 0.1) is 0 Å². The molecule has 3 N–H and O–H groups in total. The number of rotatable bonds is 2. The van der Waals surface area contributed by atoms with Crippen LogP contribution in [0.2, 0.25) is 0 Å². The predicted molar refractivity (Wildman–Crippen MR) is 62.1 cm³/mol. The molecule has 0 aliphatic carbocycles. The molecule has 1 saturated heterocycles. The number of hydrogen-bond donors (Lipinski definition) is 2. The van der Waals surface area contributed by atoms with E-state index in [4.69, 9.17) is 10.6 Å². The number of hydrazine groups is 1. The molecule has 2 heterocycles. The maximum atomic E-state index is 5.57. The van der Waals surface area contributed by atoms with E-state index in [-0.39, 0.29) is 6.10 Å². The fourth-order valence-corrected chi connectivity index (χ4v) is 1.79. The highest BCUT2D eigenvalue weighted by Crippen LogP contribution is 2.19. The average Bonchev–Trinajstić information content (AvgIpc) is 2.32. The number of morpholine rings is 1. The Labute approximate surface area is 94.8 Å². The molecular formula is C10H17N5O. The van der Waals surface area contributed by atoms with Gasteiger partial charge in [-0.25, -0.2) is 10.8 Å². The molecule has 0 aromatic carbocycles. The van der Waals surface area contributed by atoms with E-state index < -0.39 is 0 Å². The van der Waals surface area contributed by atoms with Gasteiger partial charge in [-0.3, -0.25) is 4.98 Å². The normalized spacial score (nSPS) is 25.6. The molecule has 1 aromatic heterocycles. The molecule has 16 heavy (non-hydrogen) atoms. The summed E-state index contributed by atoms with van der Waals surface area (Å²) in [5, 5.41) is 0. The SMILES string of the molecule is CC1CN(c2cncc(NN)n2)C(C)CO1. The number of nitrogens with two attached hydrogens (primary N) is 1. The van der Waals surface area contributed by atoms with E-state index in [9.17, 15) is 0 Å². The van der Waals surface area contributed by atoms with E-state index in [0.29, 0.717) is 18.5 Å². The Hall–Kier alpha value is -1.40. The lowest BCUT2D eigenvalue weighted by molar-refractivity contribution is 0.0340. The summed E-state index contributed by atoms with van der Waals surface area (Å²) in [5.74, 6) is 6.72. The van der Waals surface area contributed by atoms with Crippen LogP contribution in [0.25, 0.3) is 0 Å². The quantitative estimate of drug-likeness (QED) is 0.557. The zero-order chi connectivity index (χ0) is 11.5. The van der Waals surface area contributed by atoms with Crippen molar-refractivity contribution in [2.75, 3.05) is 23.5 Å². The second-order valence-corrected chi connectivity index (χ2v) is 4.05. The topological polar surface area (TPSA) is 76.3 Å². The van der Waals surface area contributed by atoms with Gasteiger partial charge in [-0.1, -0.05) is 0 Å². The van der Waals surface area contributed by atoms with Crippen LogP contribution in [0.1, 0.15) is 13.8 Å². The van der Waals surface area contributed by atoms with Gasteiger partial charge in [0.2, 0.25) is 0 Å². The van der Waals surface area contributed by atoms with E-state index >= 15 is 0 Å². The molecule has 0 radical (unpaired) electrons. The zero-order valence-electron chi connectivity index (χ0n) is 9.55. The van der Waals surface area contributed by atoms with Crippen LogP contribution < -0.4 is 16.2 Å². The lowest BCUT2D eigenvalue weighted by Gasteiger charge is -2.37. The highest BCUT2D eigenvalue weighted by Gasteiger charge is 2.24. The van der Waals surface area contributed by atoms with Crippen LogP contribution in [0.5, 0.6) is 0 Å². The minimum Gasteiger partial charge on any atom is -0.375 e. The number of aromatic nitrogens is 2. The van der Waals surface area contributed by atoms with Gasteiger partial charge in [-0.15, -0.1) is 0 Å². The van der Waals surface area contributed by atoms with Crippen LogP contribution in [0.3, 0.4) is 0 Å². The molecule has 2 rings (SSSR count). The second-order valence-electron chi connectivity index (χ2n) is 4.05. The molecule has 1 aromatic rings. The maximum absolute atomic E-state index is 5.57. The molecule has 2 atom stereocenters. The van der Waals surface area contributed by atoms with Crippen molar-refractivity contribution in [2.45, 2.75) is 26.0 Å². The van der Waals surface area contributed by atoms with Gasteiger partial charge in [0.1, 0.15) is 5.82 Å².